The number of hydrogen-bond acceptors (Lipinski definition) is 4. The molecule has 0 aliphatic heterocycles. The van der Waals surface area contributed by atoms with Gasteiger partial charge in [0.05, 0.1) is 0 Å². The largest absolute Gasteiger partial charge is 0.480 e. The highest BCUT2D eigenvalue weighted by Crippen LogP contribution is 2.26. The van der Waals surface area contributed by atoms with Gasteiger partial charge in [0.1, 0.15) is 16.7 Å². The molecule has 2 rings (SSSR count). The molecule has 7 heteroatoms. The van der Waals surface area contributed by atoms with E-state index in [9.17, 15) is 9.59 Å². The first-order valence-electron chi connectivity index (χ1n) is 6.11. The molecule has 110 valence electrons. The number of carbonyl (C=O) groups excluding carboxylic acids is 1. The summed E-state index contributed by atoms with van der Waals surface area (Å²) in [7, 11) is 1.44. The molecule has 1 aromatic heterocycles. The second kappa shape index (κ2) is 6.24. The molecule has 1 amide bonds. The second-order valence-electron chi connectivity index (χ2n) is 4.48. The van der Waals surface area contributed by atoms with Gasteiger partial charge in [0.15, 0.2) is 0 Å². The smallest absolute Gasteiger partial charge is 0.326 e. The molecular weight excluding hydrogens is 312 g/mol. The van der Waals surface area contributed by atoms with E-state index in [1.54, 1.807) is 23.6 Å². The van der Waals surface area contributed by atoms with Crippen LogP contribution in [0.25, 0.3) is 10.6 Å². The van der Waals surface area contributed by atoms with Gasteiger partial charge in [-0.15, -0.1) is 11.3 Å². The average Bonchev–Trinajstić information content (AvgIpc) is 2.94. The van der Waals surface area contributed by atoms with E-state index in [1.807, 2.05) is 6.07 Å². The number of aromatic nitrogens is 1. The van der Waals surface area contributed by atoms with Crippen molar-refractivity contribution in [1.29, 1.82) is 0 Å². The van der Waals surface area contributed by atoms with Crippen LogP contribution < -0.4 is 0 Å². The van der Waals surface area contributed by atoms with Gasteiger partial charge in [-0.1, -0.05) is 23.7 Å². The molecule has 0 aliphatic rings. The quantitative estimate of drug-likeness (QED) is 0.938. The van der Waals surface area contributed by atoms with Crippen LogP contribution in [0.2, 0.25) is 5.02 Å². The van der Waals surface area contributed by atoms with Crippen LogP contribution in [-0.4, -0.2) is 40.0 Å². The number of carboxylic acids is 1. The van der Waals surface area contributed by atoms with Gasteiger partial charge in [-0.25, -0.2) is 9.78 Å². The molecule has 2 aromatic rings. The number of hydrogen-bond donors (Lipinski definition) is 1. The van der Waals surface area contributed by atoms with Crippen molar-refractivity contribution in [1.82, 2.24) is 9.88 Å². The summed E-state index contributed by atoms with van der Waals surface area (Å²) in [5.41, 5.74) is 1.05. The van der Waals surface area contributed by atoms with Gasteiger partial charge in [-0.3, -0.25) is 4.79 Å². The number of carbonyl (C=O) groups is 2. The number of nitrogens with zero attached hydrogens (tertiary/aromatic N) is 2. The zero-order chi connectivity index (χ0) is 15.6. The highest BCUT2D eigenvalue weighted by molar-refractivity contribution is 7.13. The van der Waals surface area contributed by atoms with Crippen LogP contribution in [0.15, 0.2) is 29.6 Å². The molecular formula is C14H13ClN2O3S. The van der Waals surface area contributed by atoms with Gasteiger partial charge in [0.2, 0.25) is 0 Å². The third kappa shape index (κ3) is 3.40. The lowest BCUT2D eigenvalue weighted by Crippen LogP contribution is -2.40. The summed E-state index contributed by atoms with van der Waals surface area (Å²) in [4.78, 5) is 28.5. The van der Waals surface area contributed by atoms with E-state index in [1.165, 1.54) is 25.3 Å². The Kier molecular flexibility index (Phi) is 4.59. The van der Waals surface area contributed by atoms with E-state index >= 15 is 0 Å². The molecule has 21 heavy (non-hydrogen) atoms. The Morgan fingerprint density at radius 2 is 2.14 bits per heavy atom. The zero-order valence-corrected chi connectivity index (χ0v) is 13.0. The highest BCUT2D eigenvalue weighted by Gasteiger charge is 2.24. The Labute approximate surface area is 130 Å². The van der Waals surface area contributed by atoms with Crippen molar-refractivity contribution in [2.75, 3.05) is 7.05 Å². The first-order valence-corrected chi connectivity index (χ1v) is 7.37. The third-order valence-corrected chi connectivity index (χ3v) is 4.18. The maximum atomic E-state index is 12.2. The van der Waals surface area contributed by atoms with E-state index in [4.69, 9.17) is 16.7 Å². The summed E-state index contributed by atoms with van der Waals surface area (Å²) in [6.45, 7) is 1.45. The van der Waals surface area contributed by atoms with Crippen LogP contribution >= 0.6 is 22.9 Å². The summed E-state index contributed by atoms with van der Waals surface area (Å²) in [5.74, 6) is -1.48. The van der Waals surface area contributed by atoms with Gasteiger partial charge in [-0.05, 0) is 19.1 Å². The van der Waals surface area contributed by atoms with Crippen molar-refractivity contribution in [3.8, 4) is 10.6 Å². The predicted molar refractivity (Wildman–Crippen MR) is 81.8 cm³/mol. The minimum absolute atomic E-state index is 0.227. The first-order chi connectivity index (χ1) is 9.90. The van der Waals surface area contributed by atoms with Crippen molar-refractivity contribution >= 4 is 34.8 Å². The molecule has 0 fully saturated rings. The van der Waals surface area contributed by atoms with Gasteiger partial charge in [0, 0.05) is 23.0 Å². The molecule has 1 heterocycles. The van der Waals surface area contributed by atoms with E-state index in [-0.39, 0.29) is 5.69 Å². The molecule has 0 saturated carbocycles. The number of likely N-dealkylation sites (N-methyl/N-ethyl adjacent to an activating group) is 1. The third-order valence-electron chi connectivity index (χ3n) is 3.05. The predicted octanol–water partition coefficient (Wildman–Crippen LogP) is 3.01. The first kappa shape index (κ1) is 15.5. The SMILES string of the molecule is C[C@H](C(=O)O)N(C)C(=O)c1csc(-c2cccc(Cl)c2)n1. The van der Waals surface area contributed by atoms with Crippen molar-refractivity contribution in [2.24, 2.45) is 0 Å². The fourth-order valence-electron chi connectivity index (χ4n) is 1.65. The topological polar surface area (TPSA) is 70.5 Å². The summed E-state index contributed by atoms with van der Waals surface area (Å²) in [6, 6.07) is 6.27. The summed E-state index contributed by atoms with van der Waals surface area (Å²) >= 11 is 7.24. The van der Waals surface area contributed by atoms with Crippen LogP contribution in [0.4, 0.5) is 0 Å². The Bertz CT molecular complexity index is 686. The van der Waals surface area contributed by atoms with Gasteiger partial charge in [0.25, 0.3) is 5.91 Å². The van der Waals surface area contributed by atoms with Crippen molar-refractivity contribution in [3.05, 3.63) is 40.4 Å². The highest BCUT2D eigenvalue weighted by atomic mass is 35.5. The number of benzene rings is 1. The number of halogens is 1. The van der Waals surface area contributed by atoms with Gasteiger partial charge >= 0.3 is 5.97 Å². The molecule has 0 saturated heterocycles. The van der Waals surface area contributed by atoms with Crippen LogP contribution in [-0.2, 0) is 4.79 Å². The molecule has 1 atom stereocenters. The van der Waals surface area contributed by atoms with Crippen molar-refractivity contribution in [2.45, 2.75) is 13.0 Å². The Morgan fingerprint density at radius 1 is 1.43 bits per heavy atom. The van der Waals surface area contributed by atoms with Crippen LogP contribution in [0.5, 0.6) is 0 Å². The molecule has 0 bridgehead atoms. The zero-order valence-electron chi connectivity index (χ0n) is 11.4. The van der Waals surface area contributed by atoms with Crippen LogP contribution in [0.1, 0.15) is 17.4 Å². The average molecular weight is 325 g/mol. The van der Waals surface area contributed by atoms with E-state index in [0.717, 1.165) is 10.5 Å². The molecule has 0 unspecified atom stereocenters. The Balaban J connectivity index is 2.24. The lowest BCUT2D eigenvalue weighted by atomic mass is 10.2. The molecule has 5 nitrogen and oxygen atoms in total. The number of carboxylic acid groups (broad SMARTS) is 1. The van der Waals surface area contributed by atoms with Crippen LogP contribution in [0.3, 0.4) is 0 Å². The Morgan fingerprint density at radius 3 is 2.76 bits per heavy atom. The molecule has 0 spiro atoms. The second-order valence-corrected chi connectivity index (χ2v) is 5.77. The van der Waals surface area contributed by atoms with Crippen LogP contribution in [0, 0.1) is 0 Å². The minimum atomic E-state index is -1.06. The Hall–Kier alpha value is -1.92. The van der Waals surface area contributed by atoms with Gasteiger partial charge in [-0.2, -0.15) is 0 Å². The number of amides is 1. The fourth-order valence-corrected chi connectivity index (χ4v) is 2.63. The number of rotatable bonds is 4. The maximum Gasteiger partial charge on any atom is 0.326 e. The van der Waals surface area contributed by atoms with E-state index < -0.39 is 17.9 Å². The normalized spacial score (nSPS) is 12.0. The molecule has 1 aromatic carbocycles. The lowest BCUT2D eigenvalue weighted by molar-refractivity contribution is -0.141. The maximum absolute atomic E-state index is 12.2. The van der Waals surface area contributed by atoms with Crippen molar-refractivity contribution in [3.63, 3.8) is 0 Å². The monoisotopic (exact) mass is 324 g/mol. The molecule has 1 N–H and O–H groups in total. The number of aliphatic carboxylic acids is 1. The summed E-state index contributed by atoms with van der Waals surface area (Å²) < 4.78 is 0. The van der Waals surface area contributed by atoms with Crippen molar-refractivity contribution < 1.29 is 14.7 Å². The molecule has 0 radical (unpaired) electrons. The number of thiazole rings is 1. The van der Waals surface area contributed by atoms with E-state index in [0.29, 0.717) is 10.0 Å². The minimum Gasteiger partial charge on any atom is -0.480 e. The van der Waals surface area contributed by atoms with E-state index in [2.05, 4.69) is 4.98 Å². The summed E-state index contributed by atoms with van der Waals surface area (Å²) in [5, 5.41) is 11.8. The van der Waals surface area contributed by atoms with Gasteiger partial charge < -0.3 is 10.0 Å². The lowest BCUT2D eigenvalue weighted by Gasteiger charge is -2.20. The standard InChI is InChI=1S/C14H13ClN2O3S/c1-8(14(19)20)17(2)13(18)11-7-21-12(16-11)9-4-3-5-10(15)6-9/h3-8H,1-2H3,(H,19,20)/t8-/m1/s1. The summed E-state index contributed by atoms with van der Waals surface area (Å²) in [6.07, 6.45) is 0. The fraction of sp³-hybridized carbons (Fsp3) is 0.214. The molecule has 0 aliphatic carbocycles.